The van der Waals surface area contributed by atoms with Gasteiger partial charge in [0.25, 0.3) is 6.47 Å². The first-order chi connectivity index (χ1) is 17.1. The van der Waals surface area contributed by atoms with Crippen molar-refractivity contribution in [2.24, 2.45) is 0 Å². The molecule has 1 aliphatic rings. The Bertz CT molecular complexity index is 1300. The molecule has 36 heavy (non-hydrogen) atoms. The van der Waals surface area contributed by atoms with Crippen LogP contribution in [0.25, 0.3) is 0 Å². The van der Waals surface area contributed by atoms with Crippen LogP contribution in [0.1, 0.15) is 29.1 Å². The van der Waals surface area contributed by atoms with E-state index in [9.17, 15) is 12.8 Å². The van der Waals surface area contributed by atoms with Gasteiger partial charge in [-0.3, -0.25) is 14.7 Å². The van der Waals surface area contributed by atoms with Gasteiger partial charge in [-0.2, -0.15) is 0 Å². The molecule has 4 rings (SSSR count). The van der Waals surface area contributed by atoms with Crippen molar-refractivity contribution in [3.8, 4) is 0 Å². The van der Waals surface area contributed by atoms with Crippen LogP contribution in [-0.4, -0.2) is 61.0 Å². The minimum Gasteiger partial charge on any atom is -0.483 e. The van der Waals surface area contributed by atoms with Gasteiger partial charge < -0.3 is 10.0 Å². The number of hydrogen-bond acceptors (Lipinski definition) is 8. The van der Waals surface area contributed by atoms with Crippen molar-refractivity contribution >= 4 is 33.3 Å². The number of pyridine rings is 1. The minimum absolute atomic E-state index is 0.0461. The highest BCUT2D eigenvalue weighted by Crippen LogP contribution is 2.33. The van der Waals surface area contributed by atoms with Gasteiger partial charge in [-0.05, 0) is 38.5 Å². The first-order valence-corrected chi connectivity index (χ1v) is 13.7. The number of aromatic nitrogens is 2. The second-order valence-electron chi connectivity index (χ2n) is 8.55. The Morgan fingerprint density at radius 2 is 2.00 bits per heavy atom. The van der Waals surface area contributed by atoms with E-state index < -0.39 is 32.1 Å². The average molecular weight is 539 g/mol. The van der Waals surface area contributed by atoms with Crippen molar-refractivity contribution in [2.45, 2.75) is 43.5 Å². The molecule has 1 aliphatic heterocycles. The normalized spacial score (nSPS) is 15.9. The molecule has 1 fully saturated rings. The fourth-order valence-electron chi connectivity index (χ4n) is 4.29. The molecule has 2 aromatic heterocycles. The molecular weight excluding hydrogens is 510 g/mol. The highest BCUT2D eigenvalue weighted by Gasteiger charge is 2.32. The van der Waals surface area contributed by atoms with Gasteiger partial charge in [-0.15, -0.1) is 11.3 Å². The SMILES string of the molecule is Cc1cccc(CN2CC[C@H](N(C)c3cc(F)c(S(=O)(=O)Cc4cscn4)c(F)c3C)C2)n1.O=CO. The predicted molar refractivity (Wildman–Crippen MR) is 134 cm³/mol. The largest absolute Gasteiger partial charge is 0.483 e. The number of carbonyl (C=O) groups is 1. The lowest BCUT2D eigenvalue weighted by Crippen LogP contribution is -2.35. The first kappa shape index (κ1) is 27.6. The van der Waals surface area contributed by atoms with E-state index in [4.69, 9.17) is 9.90 Å². The minimum atomic E-state index is -4.22. The van der Waals surface area contributed by atoms with Crippen molar-refractivity contribution in [3.63, 3.8) is 0 Å². The van der Waals surface area contributed by atoms with Crippen LogP contribution in [0.5, 0.6) is 0 Å². The summed E-state index contributed by atoms with van der Waals surface area (Å²) >= 11 is 1.23. The molecule has 0 amide bonds. The topological polar surface area (TPSA) is 104 Å². The van der Waals surface area contributed by atoms with Crippen molar-refractivity contribution in [2.75, 3.05) is 25.0 Å². The third kappa shape index (κ3) is 6.42. The van der Waals surface area contributed by atoms with E-state index in [1.165, 1.54) is 23.8 Å². The Morgan fingerprint density at radius 1 is 1.28 bits per heavy atom. The predicted octanol–water partition coefficient (Wildman–Crippen LogP) is 3.82. The van der Waals surface area contributed by atoms with Gasteiger partial charge in [0.05, 0.1) is 22.7 Å². The van der Waals surface area contributed by atoms with Gasteiger partial charge in [-0.1, -0.05) is 6.07 Å². The lowest BCUT2D eigenvalue weighted by atomic mass is 10.1. The van der Waals surface area contributed by atoms with Crippen LogP contribution < -0.4 is 4.90 Å². The molecule has 0 aliphatic carbocycles. The van der Waals surface area contributed by atoms with E-state index in [-0.39, 0.29) is 23.8 Å². The maximum atomic E-state index is 15.2. The fourth-order valence-corrected chi connectivity index (χ4v) is 6.43. The number of hydrogen-bond donors (Lipinski definition) is 1. The summed E-state index contributed by atoms with van der Waals surface area (Å²) < 4.78 is 55.7. The number of thiazole rings is 1. The van der Waals surface area contributed by atoms with E-state index in [0.717, 1.165) is 37.0 Å². The molecule has 12 heteroatoms. The van der Waals surface area contributed by atoms with E-state index in [1.54, 1.807) is 12.4 Å². The van der Waals surface area contributed by atoms with Crippen LogP contribution >= 0.6 is 11.3 Å². The molecule has 8 nitrogen and oxygen atoms in total. The molecule has 0 radical (unpaired) electrons. The van der Waals surface area contributed by atoms with Gasteiger partial charge in [0.15, 0.2) is 9.84 Å². The molecule has 0 spiro atoms. The van der Waals surface area contributed by atoms with Crippen molar-refractivity contribution in [3.05, 3.63) is 69.4 Å². The molecule has 3 heterocycles. The molecule has 3 aromatic rings. The Labute approximate surface area is 213 Å². The number of halogens is 2. The third-order valence-electron chi connectivity index (χ3n) is 6.03. The third-order valence-corrected chi connectivity index (χ3v) is 8.34. The van der Waals surface area contributed by atoms with Crippen LogP contribution in [0, 0.1) is 25.5 Å². The summed E-state index contributed by atoms with van der Waals surface area (Å²) in [6, 6.07) is 7.11. The number of sulfone groups is 1. The van der Waals surface area contributed by atoms with Gasteiger partial charge in [0, 0.05) is 55.0 Å². The number of rotatable bonds is 7. The second-order valence-corrected chi connectivity index (χ2v) is 11.2. The number of likely N-dealkylation sites (N-methyl/N-ethyl adjacent to an activating group) is 1. The van der Waals surface area contributed by atoms with Crippen LogP contribution in [0.4, 0.5) is 14.5 Å². The summed E-state index contributed by atoms with van der Waals surface area (Å²) in [5.41, 5.74) is 4.19. The molecule has 1 atom stereocenters. The quantitative estimate of drug-likeness (QED) is 0.453. The molecule has 0 bridgehead atoms. The maximum Gasteiger partial charge on any atom is 0.290 e. The number of nitrogens with zero attached hydrogens (tertiary/aromatic N) is 4. The zero-order chi connectivity index (χ0) is 26.5. The van der Waals surface area contributed by atoms with Gasteiger partial charge in [0.2, 0.25) is 0 Å². The van der Waals surface area contributed by atoms with E-state index >= 15 is 4.39 Å². The fraction of sp³-hybridized carbons (Fsp3) is 0.375. The van der Waals surface area contributed by atoms with Crippen molar-refractivity contribution < 1.29 is 27.1 Å². The zero-order valence-electron chi connectivity index (χ0n) is 20.2. The number of anilines is 1. The molecule has 0 saturated carbocycles. The van der Waals surface area contributed by atoms with Crippen LogP contribution in [0.2, 0.25) is 0 Å². The molecular formula is C24H28F2N4O4S2. The van der Waals surface area contributed by atoms with E-state index in [2.05, 4.69) is 14.9 Å². The van der Waals surface area contributed by atoms with Gasteiger partial charge in [-0.25, -0.2) is 22.2 Å². The summed E-state index contributed by atoms with van der Waals surface area (Å²) in [6.45, 7) is 5.47. The standard InChI is InChI=1S/C23H26F2N4O2S2.CH2O2/c1-15-5-4-6-17(27-15)10-29-8-7-19(11-29)28(3)21-9-20(24)23(22(25)16(21)2)33(30,31)13-18-12-32-14-26-18;2-1-3/h4-6,9,12,14,19H,7-8,10-11,13H2,1-3H3;1H,(H,2,3)/t19-;/m0./s1. The molecule has 1 saturated heterocycles. The zero-order valence-corrected chi connectivity index (χ0v) is 21.8. The summed E-state index contributed by atoms with van der Waals surface area (Å²) in [6.07, 6.45) is 0.828. The number of likely N-dealkylation sites (tertiary alicyclic amines) is 1. The van der Waals surface area contributed by atoms with Gasteiger partial charge in [0.1, 0.15) is 16.5 Å². The summed E-state index contributed by atoms with van der Waals surface area (Å²) in [5.74, 6) is -2.65. The van der Waals surface area contributed by atoms with E-state index in [1.807, 2.05) is 30.0 Å². The molecule has 194 valence electrons. The maximum absolute atomic E-state index is 15.2. The summed E-state index contributed by atoms with van der Waals surface area (Å²) in [7, 11) is -2.42. The average Bonchev–Trinajstić information content (AvgIpc) is 3.48. The second kappa shape index (κ2) is 11.8. The van der Waals surface area contributed by atoms with Crippen LogP contribution in [0.15, 0.2) is 40.1 Å². The number of carboxylic acid groups (broad SMARTS) is 1. The summed E-state index contributed by atoms with van der Waals surface area (Å²) in [5, 5.41) is 8.44. The molecule has 1 aromatic carbocycles. The Kier molecular flexibility index (Phi) is 9.09. The monoisotopic (exact) mass is 538 g/mol. The van der Waals surface area contributed by atoms with Crippen LogP contribution in [-0.2, 0) is 26.9 Å². The number of aryl methyl sites for hydroxylation is 1. The molecule has 0 unspecified atom stereocenters. The Balaban J connectivity index is 0.00000115. The highest BCUT2D eigenvalue weighted by molar-refractivity contribution is 7.90. The van der Waals surface area contributed by atoms with Crippen molar-refractivity contribution in [1.29, 1.82) is 0 Å². The Hall–Kier alpha value is -2.96. The first-order valence-electron chi connectivity index (χ1n) is 11.1. The summed E-state index contributed by atoms with van der Waals surface area (Å²) in [4.78, 5) is 20.1. The lowest BCUT2D eigenvalue weighted by Gasteiger charge is -2.29. The molecule has 1 N–H and O–H groups in total. The lowest BCUT2D eigenvalue weighted by molar-refractivity contribution is -0.122. The van der Waals surface area contributed by atoms with Gasteiger partial charge >= 0.3 is 0 Å². The Morgan fingerprint density at radius 3 is 2.64 bits per heavy atom. The van der Waals surface area contributed by atoms with E-state index in [0.29, 0.717) is 12.2 Å². The highest BCUT2D eigenvalue weighted by atomic mass is 32.2. The number of benzene rings is 1. The van der Waals surface area contributed by atoms with Crippen LogP contribution in [0.3, 0.4) is 0 Å². The smallest absolute Gasteiger partial charge is 0.290 e. The van der Waals surface area contributed by atoms with Crippen molar-refractivity contribution in [1.82, 2.24) is 14.9 Å².